The molecule has 9 heteroatoms. The number of imide groups is 1. The first kappa shape index (κ1) is 17.7. The van der Waals surface area contributed by atoms with Crippen LogP contribution in [0.4, 0.5) is 4.79 Å². The normalized spacial score (nSPS) is 22.5. The van der Waals surface area contributed by atoms with Gasteiger partial charge in [0.15, 0.2) is 0 Å². The Bertz CT molecular complexity index is 727. The lowest BCUT2D eigenvalue weighted by molar-refractivity contribution is -0.132. The van der Waals surface area contributed by atoms with Crippen LogP contribution in [0.25, 0.3) is 0 Å². The topological polar surface area (TPSA) is 121 Å². The van der Waals surface area contributed by atoms with Crippen molar-refractivity contribution in [3.8, 4) is 11.8 Å². The van der Waals surface area contributed by atoms with E-state index in [1.807, 2.05) is 6.07 Å². The van der Waals surface area contributed by atoms with Crippen LogP contribution in [0.1, 0.15) is 12.0 Å². The molecule has 0 spiro atoms. The van der Waals surface area contributed by atoms with E-state index in [0.717, 1.165) is 4.90 Å². The molecule has 2 heterocycles. The van der Waals surface area contributed by atoms with Crippen LogP contribution in [-0.2, 0) is 14.3 Å². The highest BCUT2D eigenvalue weighted by atomic mass is 16.5. The van der Waals surface area contributed by atoms with Crippen molar-refractivity contribution in [2.45, 2.75) is 18.6 Å². The van der Waals surface area contributed by atoms with E-state index in [4.69, 9.17) is 14.7 Å². The lowest BCUT2D eigenvalue weighted by Crippen LogP contribution is -2.54. The number of amides is 4. The number of rotatable bonds is 5. The first-order chi connectivity index (χ1) is 12.6. The zero-order chi connectivity index (χ0) is 18.5. The maximum Gasteiger partial charge on any atom is 0.325 e. The van der Waals surface area contributed by atoms with Gasteiger partial charge in [-0.15, -0.1) is 0 Å². The highest BCUT2D eigenvalue weighted by molar-refractivity contribution is 6.04. The van der Waals surface area contributed by atoms with E-state index in [2.05, 4.69) is 10.6 Å². The van der Waals surface area contributed by atoms with Crippen LogP contribution >= 0.6 is 0 Å². The molecule has 0 radical (unpaired) electrons. The van der Waals surface area contributed by atoms with Gasteiger partial charge in [-0.1, -0.05) is 0 Å². The van der Waals surface area contributed by atoms with Gasteiger partial charge in [0.1, 0.15) is 18.4 Å². The lowest BCUT2D eigenvalue weighted by atomic mass is 10.1. The first-order valence-corrected chi connectivity index (χ1v) is 8.19. The van der Waals surface area contributed by atoms with E-state index in [1.54, 1.807) is 24.3 Å². The van der Waals surface area contributed by atoms with Crippen LogP contribution in [0.2, 0.25) is 0 Å². The Morgan fingerprint density at radius 3 is 2.81 bits per heavy atom. The molecule has 3 rings (SSSR count). The fraction of sp³-hybridized carbons (Fsp3) is 0.412. The highest BCUT2D eigenvalue weighted by Crippen LogP contribution is 2.19. The van der Waals surface area contributed by atoms with Gasteiger partial charge in [0, 0.05) is 6.42 Å². The van der Waals surface area contributed by atoms with Crippen LogP contribution in [0, 0.1) is 11.3 Å². The molecule has 0 unspecified atom stereocenters. The minimum atomic E-state index is -0.574. The van der Waals surface area contributed by atoms with Gasteiger partial charge < -0.3 is 20.1 Å². The molecule has 4 amide bonds. The SMILES string of the molecule is N#Cc1ccc(O[C@@H]2CCOC[C@H]2NC(=O)CN2C(=O)CNC2=O)cc1. The third-order valence-electron chi connectivity index (χ3n) is 4.15. The Hall–Kier alpha value is -3.12. The van der Waals surface area contributed by atoms with Gasteiger partial charge in [-0.3, -0.25) is 14.5 Å². The number of nitriles is 1. The maximum absolute atomic E-state index is 12.2. The summed E-state index contributed by atoms with van der Waals surface area (Å²) < 4.78 is 11.3. The lowest BCUT2D eigenvalue weighted by Gasteiger charge is -2.32. The summed E-state index contributed by atoms with van der Waals surface area (Å²) in [6.45, 7) is 0.334. The van der Waals surface area contributed by atoms with E-state index < -0.39 is 23.9 Å². The molecule has 2 saturated heterocycles. The molecule has 26 heavy (non-hydrogen) atoms. The molecule has 0 saturated carbocycles. The molecule has 0 bridgehead atoms. The Morgan fingerprint density at radius 1 is 1.38 bits per heavy atom. The van der Waals surface area contributed by atoms with Crippen molar-refractivity contribution in [2.24, 2.45) is 0 Å². The molecular weight excluding hydrogens is 340 g/mol. The van der Waals surface area contributed by atoms with Gasteiger partial charge in [0.05, 0.1) is 37.4 Å². The molecule has 1 aromatic rings. The second-order valence-corrected chi connectivity index (χ2v) is 5.97. The maximum atomic E-state index is 12.2. The number of carbonyl (C=O) groups excluding carboxylic acids is 3. The minimum Gasteiger partial charge on any atom is -0.488 e. The van der Waals surface area contributed by atoms with Crippen LogP contribution in [-0.4, -0.2) is 61.2 Å². The molecule has 2 aliphatic heterocycles. The van der Waals surface area contributed by atoms with E-state index in [0.29, 0.717) is 24.3 Å². The summed E-state index contributed by atoms with van der Waals surface area (Å²) in [7, 11) is 0. The van der Waals surface area contributed by atoms with Crippen molar-refractivity contribution in [2.75, 3.05) is 26.3 Å². The first-order valence-electron chi connectivity index (χ1n) is 8.19. The van der Waals surface area contributed by atoms with Crippen molar-refractivity contribution in [1.29, 1.82) is 5.26 Å². The Kier molecular flexibility index (Phi) is 5.34. The Balaban J connectivity index is 1.59. The predicted molar refractivity (Wildman–Crippen MR) is 88.1 cm³/mol. The zero-order valence-corrected chi connectivity index (χ0v) is 13.9. The quantitative estimate of drug-likeness (QED) is 0.701. The molecule has 136 valence electrons. The molecule has 2 N–H and O–H groups in total. The van der Waals surface area contributed by atoms with Crippen LogP contribution in [0.3, 0.4) is 0 Å². The van der Waals surface area contributed by atoms with Crippen molar-refractivity contribution >= 4 is 17.8 Å². The van der Waals surface area contributed by atoms with Crippen molar-refractivity contribution in [3.63, 3.8) is 0 Å². The van der Waals surface area contributed by atoms with Crippen molar-refractivity contribution in [1.82, 2.24) is 15.5 Å². The van der Waals surface area contributed by atoms with E-state index in [9.17, 15) is 14.4 Å². The van der Waals surface area contributed by atoms with Gasteiger partial charge in [-0.05, 0) is 24.3 Å². The molecule has 2 atom stereocenters. The second kappa shape index (κ2) is 7.84. The second-order valence-electron chi connectivity index (χ2n) is 5.97. The fourth-order valence-corrected chi connectivity index (χ4v) is 2.79. The Morgan fingerprint density at radius 2 is 2.15 bits per heavy atom. The van der Waals surface area contributed by atoms with Gasteiger partial charge in [-0.2, -0.15) is 5.26 Å². The monoisotopic (exact) mass is 358 g/mol. The summed E-state index contributed by atoms with van der Waals surface area (Å²) in [4.78, 5) is 36.2. The number of urea groups is 1. The van der Waals surface area contributed by atoms with Gasteiger partial charge in [0.2, 0.25) is 5.91 Å². The minimum absolute atomic E-state index is 0.0942. The Labute approximate surface area is 149 Å². The van der Waals surface area contributed by atoms with Gasteiger partial charge >= 0.3 is 6.03 Å². The zero-order valence-electron chi connectivity index (χ0n) is 13.9. The van der Waals surface area contributed by atoms with Gasteiger partial charge in [-0.25, -0.2) is 4.79 Å². The summed E-state index contributed by atoms with van der Waals surface area (Å²) in [6, 6.07) is 7.75. The average molecular weight is 358 g/mol. The number of carbonyl (C=O) groups is 3. The molecule has 2 aliphatic rings. The summed E-state index contributed by atoms with van der Waals surface area (Å²) in [5, 5.41) is 14.0. The average Bonchev–Trinajstić information content (AvgIpc) is 2.96. The largest absolute Gasteiger partial charge is 0.488 e. The summed E-state index contributed by atoms with van der Waals surface area (Å²) in [5.41, 5.74) is 0.530. The highest BCUT2D eigenvalue weighted by Gasteiger charge is 2.33. The summed E-state index contributed by atoms with van der Waals surface area (Å²) in [6.07, 6.45) is 0.261. The summed E-state index contributed by atoms with van der Waals surface area (Å²) >= 11 is 0. The number of hydrogen-bond donors (Lipinski definition) is 2. The van der Waals surface area contributed by atoms with E-state index in [-0.39, 0.29) is 25.8 Å². The fourth-order valence-electron chi connectivity index (χ4n) is 2.79. The molecule has 2 fully saturated rings. The third-order valence-corrected chi connectivity index (χ3v) is 4.15. The van der Waals surface area contributed by atoms with Crippen LogP contribution in [0.15, 0.2) is 24.3 Å². The molecule has 0 aromatic heterocycles. The number of hydrogen-bond acceptors (Lipinski definition) is 6. The third kappa shape index (κ3) is 4.10. The van der Waals surface area contributed by atoms with Crippen LogP contribution in [0.5, 0.6) is 5.75 Å². The predicted octanol–water partition coefficient (Wildman–Crippen LogP) is -0.237. The standard InChI is InChI=1S/C17H18N4O5/c18-7-11-1-3-12(4-2-11)26-14-5-6-25-10-13(14)20-15(22)9-21-16(23)8-19-17(21)24/h1-4,13-14H,5-6,8-10H2,(H,19,24)(H,20,22)/t13-,14-/m1/s1. The molecular formula is C17H18N4O5. The smallest absolute Gasteiger partial charge is 0.325 e. The number of benzene rings is 1. The van der Waals surface area contributed by atoms with E-state index in [1.165, 1.54) is 0 Å². The number of nitrogens with one attached hydrogen (secondary N) is 2. The number of nitrogens with zero attached hydrogens (tertiary/aromatic N) is 2. The van der Waals surface area contributed by atoms with E-state index >= 15 is 0 Å². The molecule has 1 aromatic carbocycles. The summed E-state index contributed by atoms with van der Waals surface area (Å²) in [5.74, 6) is -0.306. The van der Waals surface area contributed by atoms with Gasteiger partial charge in [0.25, 0.3) is 5.91 Å². The van der Waals surface area contributed by atoms with Crippen molar-refractivity contribution in [3.05, 3.63) is 29.8 Å². The van der Waals surface area contributed by atoms with Crippen molar-refractivity contribution < 1.29 is 23.9 Å². The number of ether oxygens (including phenoxy) is 2. The molecule has 0 aliphatic carbocycles. The van der Waals surface area contributed by atoms with Crippen LogP contribution < -0.4 is 15.4 Å². The molecule has 9 nitrogen and oxygen atoms in total.